The van der Waals surface area contributed by atoms with Crippen LogP contribution < -0.4 is 9.47 Å². The number of likely N-dealkylation sites (tertiary alicyclic amines) is 1. The fraction of sp³-hybridized carbons (Fsp3) is 0.333. The van der Waals surface area contributed by atoms with E-state index < -0.39 is 5.97 Å². The summed E-state index contributed by atoms with van der Waals surface area (Å²) in [6.45, 7) is 0.250. The topological polar surface area (TPSA) is 65.1 Å². The molecule has 6 nitrogen and oxygen atoms in total. The molecule has 1 atom stereocenters. The predicted octanol–water partition coefficient (Wildman–Crippen LogP) is 3.88. The van der Waals surface area contributed by atoms with Gasteiger partial charge in [-0.05, 0) is 43.2 Å². The lowest BCUT2D eigenvalue weighted by molar-refractivity contribution is -0.135. The first-order valence-corrected chi connectivity index (χ1v) is 9.36. The Hall–Kier alpha value is -2.73. The number of carbonyl (C=O) groups excluding carboxylic acids is 2. The molecule has 0 N–H and O–H groups in total. The molecule has 0 aliphatic carbocycles. The van der Waals surface area contributed by atoms with Gasteiger partial charge in [-0.25, -0.2) is 4.79 Å². The normalized spacial score (nSPS) is 16.0. The van der Waals surface area contributed by atoms with Crippen LogP contribution >= 0.6 is 11.6 Å². The number of nitrogens with zero attached hydrogens (tertiary/aromatic N) is 1. The summed E-state index contributed by atoms with van der Waals surface area (Å²) in [6, 6.07) is 11.9. The molecule has 2 aromatic rings. The molecule has 1 heterocycles. The van der Waals surface area contributed by atoms with Gasteiger partial charge in [0.15, 0.2) is 6.61 Å². The second kappa shape index (κ2) is 8.97. The second-order valence-corrected chi connectivity index (χ2v) is 6.82. The highest BCUT2D eigenvalue weighted by atomic mass is 35.5. The number of hydrogen-bond acceptors (Lipinski definition) is 5. The number of halogens is 1. The molecule has 1 aliphatic rings. The van der Waals surface area contributed by atoms with Crippen molar-refractivity contribution < 1.29 is 23.8 Å². The van der Waals surface area contributed by atoms with E-state index in [2.05, 4.69) is 0 Å². The third-order valence-corrected chi connectivity index (χ3v) is 5.12. The van der Waals surface area contributed by atoms with Crippen molar-refractivity contribution in [3.8, 4) is 11.5 Å². The molecule has 0 bridgehead atoms. The van der Waals surface area contributed by atoms with E-state index in [0.29, 0.717) is 23.1 Å². The maximum absolute atomic E-state index is 12.7. The van der Waals surface area contributed by atoms with Gasteiger partial charge < -0.3 is 19.1 Å². The Morgan fingerprint density at radius 2 is 1.93 bits per heavy atom. The highest BCUT2D eigenvalue weighted by Crippen LogP contribution is 2.38. The van der Waals surface area contributed by atoms with E-state index in [1.54, 1.807) is 43.4 Å². The van der Waals surface area contributed by atoms with Gasteiger partial charge in [-0.2, -0.15) is 0 Å². The molecular formula is C21H22ClNO5. The Morgan fingerprint density at radius 1 is 1.14 bits per heavy atom. The van der Waals surface area contributed by atoms with Crippen molar-refractivity contribution >= 4 is 23.5 Å². The quantitative estimate of drug-likeness (QED) is 0.685. The Bertz CT molecular complexity index is 870. The van der Waals surface area contributed by atoms with Crippen molar-refractivity contribution in [1.29, 1.82) is 0 Å². The fourth-order valence-corrected chi connectivity index (χ4v) is 3.62. The molecule has 0 aromatic heterocycles. The van der Waals surface area contributed by atoms with Gasteiger partial charge in [0.05, 0.1) is 30.8 Å². The zero-order valence-corrected chi connectivity index (χ0v) is 16.6. The number of esters is 1. The van der Waals surface area contributed by atoms with E-state index in [1.807, 2.05) is 18.2 Å². The molecule has 2 aromatic carbocycles. The van der Waals surface area contributed by atoms with Crippen molar-refractivity contribution in [2.45, 2.75) is 18.9 Å². The van der Waals surface area contributed by atoms with E-state index in [0.717, 1.165) is 18.4 Å². The van der Waals surface area contributed by atoms with Crippen LogP contribution in [0.3, 0.4) is 0 Å². The van der Waals surface area contributed by atoms with Crippen LogP contribution in [-0.4, -0.2) is 44.1 Å². The van der Waals surface area contributed by atoms with E-state index >= 15 is 0 Å². The average Bonchev–Trinajstić information content (AvgIpc) is 3.21. The maximum atomic E-state index is 12.7. The van der Waals surface area contributed by atoms with Crippen LogP contribution in [0.25, 0.3) is 0 Å². The van der Waals surface area contributed by atoms with Crippen LogP contribution in [-0.2, 0) is 9.53 Å². The largest absolute Gasteiger partial charge is 0.497 e. The first-order chi connectivity index (χ1) is 13.5. The van der Waals surface area contributed by atoms with Crippen molar-refractivity contribution in [3.63, 3.8) is 0 Å². The number of rotatable bonds is 6. The van der Waals surface area contributed by atoms with E-state index in [4.69, 9.17) is 25.8 Å². The van der Waals surface area contributed by atoms with Crippen LogP contribution in [0.1, 0.15) is 34.8 Å². The van der Waals surface area contributed by atoms with Gasteiger partial charge in [0.2, 0.25) is 0 Å². The van der Waals surface area contributed by atoms with Crippen molar-refractivity contribution in [2.24, 2.45) is 0 Å². The first-order valence-electron chi connectivity index (χ1n) is 8.98. The zero-order valence-electron chi connectivity index (χ0n) is 15.8. The van der Waals surface area contributed by atoms with Gasteiger partial charge >= 0.3 is 5.97 Å². The number of carbonyl (C=O) groups is 2. The molecule has 1 amide bonds. The lowest BCUT2D eigenvalue weighted by atomic mass is 10.0. The highest BCUT2D eigenvalue weighted by Gasteiger charge is 2.32. The van der Waals surface area contributed by atoms with Gasteiger partial charge in [0, 0.05) is 12.1 Å². The third kappa shape index (κ3) is 4.22. The minimum atomic E-state index is -0.617. The molecule has 0 radical (unpaired) electrons. The minimum absolute atomic E-state index is 0.156. The molecule has 1 saturated heterocycles. The Balaban J connectivity index is 1.72. The molecule has 148 valence electrons. The van der Waals surface area contributed by atoms with Crippen molar-refractivity contribution in [3.05, 3.63) is 58.6 Å². The van der Waals surface area contributed by atoms with Crippen LogP contribution in [0.15, 0.2) is 42.5 Å². The standard InChI is InChI=1S/C21H22ClNO5/c1-26-14-9-10-19(27-2)16(12-14)18-8-5-11-23(18)20(24)13-28-21(25)15-6-3-4-7-17(15)22/h3-4,6-7,9-10,12,18H,5,8,11,13H2,1-2H3/t18-/m0/s1. The van der Waals surface area contributed by atoms with E-state index in [-0.39, 0.29) is 24.1 Å². The first kappa shape index (κ1) is 20.0. The van der Waals surface area contributed by atoms with Gasteiger partial charge in [0.25, 0.3) is 5.91 Å². The molecule has 0 unspecified atom stereocenters. The average molecular weight is 404 g/mol. The predicted molar refractivity (Wildman–Crippen MR) is 105 cm³/mol. The summed E-state index contributed by atoms with van der Waals surface area (Å²) in [4.78, 5) is 26.7. The van der Waals surface area contributed by atoms with Crippen molar-refractivity contribution in [2.75, 3.05) is 27.4 Å². The van der Waals surface area contributed by atoms with E-state index in [1.165, 1.54) is 0 Å². The number of hydrogen-bond donors (Lipinski definition) is 0. The molecule has 28 heavy (non-hydrogen) atoms. The van der Waals surface area contributed by atoms with Gasteiger partial charge in [-0.1, -0.05) is 23.7 Å². The Labute approximate surface area is 168 Å². The van der Waals surface area contributed by atoms with Gasteiger partial charge in [-0.3, -0.25) is 4.79 Å². The SMILES string of the molecule is COc1ccc(OC)c([C@@H]2CCCN2C(=O)COC(=O)c2ccccc2Cl)c1. The Morgan fingerprint density at radius 3 is 2.64 bits per heavy atom. The van der Waals surface area contributed by atoms with Crippen molar-refractivity contribution in [1.82, 2.24) is 4.90 Å². The smallest absolute Gasteiger partial charge is 0.340 e. The van der Waals surface area contributed by atoms with E-state index in [9.17, 15) is 9.59 Å². The summed E-state index contributed by atoms with van der Waals surface area (Å²) in [5, 5.41) is 0.292. The van der Waals surface area contributed by atoms with Crippen LogP contribution in [0.5, 0.6) is 11.5 Å². The number of amides is 1. The van der Waals surface area contributed by atoms with Crippen LogP contribution in [0.4, 0.5) is 0 Å². The fourth-order valence-electron chi connectivity index (χ4n) is 3.40. The van der Waals surface area contributed by atoms with Crippen LogP contribution in [0.2, 0.25) is 5.02 Å². The minimum Gasteiger partial charge on any atom is -0.497 e. The molecule has 7 heteroatoms. The summed E-state index contributed by atoms with van der Waals surface area (Å²) >= 11 is 6.00. The highest BCUT2D eigenvalue weighted by molar-refractivity contribution is 6.33. The summed E-state index contributed by atoms with van der Waals surface area (Å²) in [7, 11) is 3.19. The lowest BCUT2D eigenvalue weighted by Gasteiger charge is -2.26. The summed E-state index contributed by atoms with van der Waals surface area (Å²) < 4.78 is 16.0. The van der Waals surface area contributed by atoms with Crippen LogP contribution in [0, 0.1) is 0 Å². The summed E-state index contributed by atoms with van der Waals surface area (Å²) in [5.41, 5.74) is 1.12. The van der Waals surface area contributed by atoms with Gasteiger partial charge in [0.1, 0.15) is 11.5 Å². The molecular weight excluding hydrogens is 382 g/mol. The molecule has 0 saturated carbocycles. The monoisotopic (exact) mass is 403 g/mol. The molecule has 0 spiro atoms. The summed E-state index contributed by atoms with van der Waals surface area (Å²) in [6.07, 6.45) is 1.66. The number of methoxy groups -OCH3 is 2. The second-order valence-electron chi connectivity index (χ2n) is 6.41. The third-order valence-electron chi connectivity index (χ3n) is 4.79. The number of ether oxygens (including phenoxy) is 3. The zero-order chi connectivity index (χ0) is 20.1. The molecule has 3 rings (SSSR count). The molecule has 1 aliphatic heterocycles. The Kier molecular flexibility index (Phi) is 6.41. The lowest BCUT2D eigenvalue weighted by Crippen LogP contribution is -2.34. The van der Waals surface area contributed by atoms with Gasteiger partial charge in [-0.15, -0.1) is 0 Å². The molecule has 1 fully saturated rings. The summed E-state index contributed by atoms with van der Waals surface area (Å²) in [5.74, 6) is 0.514. The number of benzene rings is 2. The maximum Gasteiger partial charge on any atom is 0.340 e.